The van der Waals surface area contributed by atoms with Gasteiger partial charge in [0.15, 0.2) is 0 Å². The van der Waals surface area contributed by atoms with Crippen LogP contribution in [0.4, 0.5) is 0 Å². The Balaban J connectivity index is 1.95. The molecule has 0 aromatic heterocycles. The number of ether oxygens (including phenoxy) is 1. The molecule has 24 heavy (non-hydrogen) atoms. The van der Waals surface area contributed by atoms with Crippen LogP contribution in [0.5, 0.6) is 0 Å². The highest BCUT2D eigenvalue weighted by Crippen LogP contribution is 2.63. The van der Waals surface area contributed by atoms with Crippen molar-refractivity contribution in [3.05, 3.63) is 0 Å². The summed E-state index contributed by atoms with van der Waals surface area (Å²) in [6, 6.07) is -2.05. The lowest BCUT2D eigenvalue weighted by atomic mass is 9.70. The Hall–Kier alpha value is -1.63. The normalized spacial score (nSPS) is 32.9. The molecule has 4 N–H and O–H groups in total. The van der Waals surface area contributed by atoms with Crippen molar-refractivity contribution in [3.63, 3.8) is 0 Å². The van der Waals surface area contributed by atoms with Crippen LogP contribution in [0.1, 0.15) is 53.4 Å². The standard InChI is InChI=1S/C17H28N2O5/c1-9(19-13(22)11(18)7-12(20)21)14(23)24-15-16(2,3)10-5-6-17(15,4)8-10/h9-11,15H,5-8,18H2,1-4H3,(H,19,22)(H,20,21)/t9-,10+,11+,15+,17-/m1/s1. The number of nitrogens with two attached hydrogens (primary N) is 1. The zero-order chi connectivity index (χ0) is 18.3. The van der Waals surface area contributed by atoms with Gasteiger partial charge in [0.1, 0.15) is 12.1 Å². The van der Waals surface area contributed by atoms with E-state index in [0.717, 1.165) is 19.3 Å². The van der Waals surface area contributed by atoms with E-state index in [-0.39, 0.29) is 16.9 Å². The van der Waals surface area contributed by atoms with Crippen LogP contribution in [0.15, 0.2) is 0 Å². The molecule has 0 aromatic carbocycles. The Morgan fingerprint density at radius 2 is 1.96 bits per heavy atom. The zero-order valence-corrected chi connectivity index (χ0v) is 14.8. The van der Waals surface area contributed by atoms with Crippen LogP contribution in [-0.2, 0) is 19.1 Å². The minimum absolute atomic E-state index is 0.00668. The second-order valence-corrected chi connectivity index (χ2v) is 8.17. The van der Waals surface area contributed by atoms with Crippen molar-refractivity contribution >= 4 is 17.8 Å². The van der Waals surface area contributed by atoms with E-state index in [2.05, 4.69) is 26.1 Å². The Morgan fingerprint density at radius 3 is 2.46 bits per heavy atom. The van der Waals surface area contributed by atoms with Gasteiger partial charge in [-0.05, 0) is 32.1 Å². The van der Waals surface area contributed by atoms with Crippen LogP contribution in [0.2, 0.25) is 0 Å². The van der Waals surface area contributed by atoms with Gasteiger partial charge in [0.2, 0.25) is 5.91 Å². The smallest absolute Gasteiger partial charge is 0.328 e. The van der Waals surface area contributed by atoms with Gasteiger partial charge < -0.3 is 20.9 Å². The van der Waals surface area contributed by atoms with E-state index < -0.39 is 36.4 Å². The number of nitrogens with one attached hydrogen (secondary N) is 1. The molecule has 2 aliphatic carbocycles. The van der Waals surface area contributed by atoms with Gasteiger partial charge >= 0.3 is 11.9 Å². The largest absolute Gasteiger partial charge is 0.481 e. The van der Waals surface area contributed by atoms with E-state index in [1.165, 1.54) is 6.92 Å². The Morgan fingerprint density at radius 1 is 1.33 bits per heavy atom. The number of hydrogen-bond donors (Lipinski definition) is 3. The summed E-state index contributed by atoms with van der Waals surface area (Å²) in [7, 11) is 0. The number of amides is 1. The quantitative estimate of drug-likeness (QED) is 0.622. The molecule has 2 aliphatic rings. The maximum absolute atomic E-state index is 12.4. The summed E-state index contributed by atoms with van der Waals surface area (Å²) in [6.45, 7) is 7.94. The monoisotopic (exact) mass is 340 g/mol. The first-order valence-corrected chi connectivity index (χ1v) is 8.45. The van der Waals surface area contributed by atoms with Crippen LogP contribution in [0.25, 0.3) is 0 Å². The molecule has 0 saturated heterocycles. The highest BCUT2D eigenvalue weighted by molar-refractivity contribution is 5.89. The number of carboxylic acids is 1. The second-order valence-electron chi connectivity index (χ2n) is 8.17. The van der Waals surface area contributed by atoms with Crippen LogP contribution < -0.4 is 11.1 Å². The summed E-state index contributed by atoms with van der Waals surface area (Å²) < 4.78 is 5.78. The van der Waals surface area contributed by atoms with E-state index in [9.17, 15) is 14.4 Å². The highest BCUT2D eigenvalue weighted by atomic mass is 16.5. The van der Waals surface area contributed by atoms with Crippen LogP contribution >= 0.6 is 0 Å². The Labute approximate surface area is 142 Å². The highest BCUT2D eigenvalue weighted by Gasteiger charge is 2.61. The Bertz CT molecular complexity index is 542. The summed E-state index contributed by atoms with van der Waals surface area (Å²) >= 11 is 0. The molecule has 2 saturated carbocycles. The fraction of sp³-hybridized carbons (Fsp3) is 0.824. The zero-order valence-electron chi connectivity index (χ0n) is 14.8. The van der Waals surface area contributed by atoms with Crippen LogP contribution in [0, 0.1) is 16.7 Å². The van der Waals surface area contributed by atoms with Gasteiger partial charge in [-0.1, -0.05) is 20.8 Å². The van der Waals surface area contributed by atoms with E-state index in [1.807, 2.05) is 0 Å². The average molecular weight is 340 g/mol. The third kappa shape index (κ3) is 3.41. The predicted octanol–water partition coefficient (Wildman–Crippen LogP) is 1.05. The Kier molecular flexibility index (Phi) is 4.95. The van der Waals surface area contributed by atoms with Gasteiger partial charge in [0, 0.05) is 10.8 Å². The minimum atomic E-state index is -1.19. The molecular formula is C17H28N2O5. The molecular weight excluding hydrogens is 312 g/mol. The molecule has 0 aliphatic heterocycles. The van der Waals surface area contributed by atoms with E-state index in [0.29, 0.717) is 5.92 Å². The molecule has 0 heterocycles. The number of fused-ring (bicyclic) bond motifs is 2. The molecule has 1 amide bonds. The molecule has 7 heteroatoms. The lowest BCUT2D eigenvalue weighted by Crippen LogP contribution is -2.51. The van der Waals surface area contributed by atoms with Crippen molar-refractivity contribution in [2.24, 2.45) is 22.5 Å². The summed E-state index contributed by atoms with van der Waals surface area (Å²) in [5, 5.41) is 11.1. The van der Waals surface area contributed by atoms with Gasteiger partial charge in [-0.3, -0.25) is 9.59 Å². The summed E-state index contributed by atoms with van der Waals surface area (Å²) in [5.74, 6) is -1.78. The van der Waals surface area contributed by atoms with Gasteiger partial charge in [0.25, 0.3) is 0 Å². The maximum Gasteiger partial charge on any atom is 0.328 e. The third-order valence-corrected chi connectivity index (χ3v) is 5.82. The van der Waals surface area contributed by atoms with Crippen LogP contribution in [-0.4, -0.2) is 41.1 Å². The molecule has 0 aromatic rings. The lowest BCUT2D eigenvalue weighted by molar-refractivity contribution is -0.167. The molecule has 7 nitrogen and oxygen atoms in total. The number of carbonyl (C=O) groups excluding carboxylic acids is 2. The van der Waals surface area contributed by atoms with Crippen molar-refractivity contribution < 1.29 is 24.2 Å². The molecule has 2 bridgehead atoms. The van der Waals surface area contributed by atoms with Crippen molar-refractivity contribution in [1.82, 2.24) is 5.32 Å². The summed E-state index contributed by atoms with van der Waals surface area (Å²) in [5.41, 5.74) is 5.41. The predicted molar refractivity (Wildman–Crippen MR) is 86.9 cm³/mol. The molecule has 0 unspecified atom stereocenters. The molecule has 0 spiro atoms. The number of carboxylic acid groups (broad SMARTS) is 1. The molecule has 2 fully saturated rings. The van der Waals surface area contributed by atoms with Crippen molar-refractivity contribution in [2.45, 2.75) is 71.6 Å². The summed E-state index contributed by atoms with van der Waals surface area (Å²) in [6.07, 6.45) is 2.60. The van der Waals surface area contributed by atoms with Crippen molar-refractivity contribution in [3.8, 4) is 0 Å². The first kappa shape index (κ1) is 18.7. The number of rotatable bonds is 6. The van der Waals surface area contributed by atoms with Gasteiger partial charge in [0.05, 0.1) is 12.5 Å². The fourth-order valence-corrected chi connectivity index (χ4v) is 4.43. The topological polar surface area (TPSA) is 119 Å². The van der Waals surface area contributed by atoms with Crippen molar-refractivity contribution in [1.29, 1.82) is 0 Å². The first-order valence-electron chi connectivity index (χ1n) is 8.45. The van der Waals surface area contributed by atoms with E-state index >= 15 is 0 Å². The molecule has 5 atom stereocenters. The van der Waals surface area contributed by atoms with Crippen LogP contribution in [0.3, 0.4) is 0 Å². The maximum atomic E-state index is 12.4. The molecule has 0 radical (unpaired) electrons. The molecule has 136 valence electrons. The minimum Gasteiger partial charge on any atom is -0.481 e. The van der Waals surface area contributed by atoms with Gasteiger partial charge in [-0.15, -0.1) is 0 Å². The number of aliphatic carboxylic acids is 1. The van der Waals surface area contributed by atoms with Crippen molar-refractivity contribution in [2.75, 3.05) is 0 Å². The van der Waals surface area contributed by atoms with E-state index in [4.69, 9.17) is 15.6 Å². The number of carbonyl (C=O) groups is 3. The van der Waals surface area contributed by atoms with Gasteiger partial charge in [-0.25, -0.2) is 4.79 Å². The third-order valence-electron chi connectivity index (χ3n) is 5.82. The average Bonchev–Trinajstić information content (AvgIpc) is 2.93. The lowest BCUT2D eigenvalue weighted by Gasteiger charge is -2.42. The SMILES string of the molecule is C[C@@H](NC(=O)[C@@H](N)CC(=O)O)C(=O)O[C@H]1C(C)(C)[C@H]2CC[C@]1(C)C2. The number of hydrogen-bond acceptors (Lipinski definition) is 5. The first-order chi connectivity index (χ1) is 11.0. The fourth-order valence-electron chi connectivity index (χ4n) is 4.43. The second kappa shape index (κ2) is 6.35. The summed E-state index contributed by atoms with van der Waals surface area (Å²) in [4.78, 5) is 34.8. The molecule has 2 rings (SSSR count). The van der Waals surface area contributed by atoms with Gasteiger partial charge in [-0.2, -0.15) is 0 Å². The van der Waals surface area contributed by atoms with E-state index in [1.54, 1.807) is 0 Å². The number of esters is 1.